The van der Waals surface area contributed by atoms with E-state index in [0.29, 0.717) is 31.3 Å². The molecule has 1 N–H and O–H groups in total. The Labute approximate surface area is 163 Å². The molecule has 26 heavy (non-hydrogen) atoms. The minimum atomic E-state index is -0.351. The normalized spacial score (nSPS) is 13.0. The van der Waals surface area contributed by atoms with E-state index in [1.54, 1.807) is 16.7 Å². The summed E-state index contributed by atoms with van der Waals surface area (Å²) in [6.45, 7) is 2.35. The van der Waals surface area contributed by atoms with Crippen molar-refractivity contribution >= 4 is 46.6 Å². The van der Waals surface area contributed by atoms with E-state index < -0.39 is 0 Å². The smallest absolute Gasteiger partial charge is 0.279 e. The van der Waals surface area contributed by atoms with Gasteiger partial charge in [-0.3, -0.25) is 9.36 Å². The fraction of sp³-hybridized carbons (Fsp3) is 0.105. The number of nitrogens with zero attached hydrogens (tertiary/aromatic N) is 2. The number of aryl methyl sites for hydroxylation is 1. The number of carbonyl (C=O) groups excluding carboxylic acids is 1. The van der Waals surface area contributed by atoms with Gasteiger partial charge in [0.2, 0.25) is 5.88 Å². The highest BCUT2D eigenvalue weighted by Gasteiger charge is 2.25. The van der Waals surface area contributed by atoms with E-state index >= 15 is 0 Å². The zero-order valence-electron chi connectivity index (χ0n) is 13.7. The predicted molar refractivity (Wildman–Crippen MR) is 105 cm³/mol. The van der Waals surface area contributed by atoms with Crippen LogP contribution in [0.25, 0.3) is 5.57 Å². The maximum absolute atomic E-state index is 12.4. The Morgan fingerprint density at radius 2 is 1.96 bits per heavy atom. The molecule has 1 aromatic heterocycles. The Morgan fingerprint density at radius 3 is 2.69 bits per heavy atom. The first-order valence-electron chi connectivity index (χ1n) is 7.85. The van der Waals surface area contributed by atoms with Crippen LogP contribution in [0.15, 0.2) is 47.5 Å². The van der Waals surface area contributed by atoms with E-state index in [9.17, 15) is 9.90 Å². The van der Waals surface area contributed by atoms with Crippen molar-refractivity contribution in [2.75, 3.05) is 0 Å². The lowest BCUT2D eigenvalue weighted by molar-refractivity contribution is -0.112. The molecule has 0 saturated heterocycles. The average Bonchev–Trinajstić information content (AvgIpc) is 3.06. The zero-order chi connectivity index (χ0) is 18.4. The molecule has 1 aliphatic heterocycles. The number of hydrogen-bond donors (Lipinski definition) is 1. The van der Waals surface area contributed by atoms with Gasteiger partial charge in [-0.2, -0.15) is 0 Å². The standard InChI is InChI=1S/C19H13ClN2O2S2/c1-10-2-7-14-13(8-10)15(17(23)21-14)16-18(24)22(19(25)26-16)9-11-3-5-12(20)6-4-11/h2-8,24H,9H2,1H3. The second-order valence-corrected chi connectivity index (χ2v) is 8.13. The number of rotatable bonds is 3. The zero-order valence-corrected chi connectivity index (χ0v) is 16.1. The summed E-state index contributed by atoms with van der Waals surface area (Å²) in [6.07, 6.45) is 0. The summed E-state index contributed by atoms with van der Waals surface area (Å²) in [7, 11) is 0. The molecule has 0 aliphatic carbocycles. The SMILES string of the molecule is Cc1ccc2c(c1)=C(c1sc(=S)n(Cc3ccc(Cl)cc3)c1O)C(=O)N=2. The molecular weight excluding hydrogens is 388 g/mol. The first-order chi connectivity index (χ1) is 12.4. The number of aromatic nitrogens is 1. The lowest BCUT2D eigenvalue weighted by Gasteiger charge is -2.06. The topological polar surface area (TPSA) is 54.6 Å². The van der Waals surface area contributed by atoms with Gasteiger partial charge < -0.3 is 5.11 Å². The van der Waals surface area contributed by atoms with E-state index in [2.05, 4.69) is 4.99 Å². The molecule has 2 aromatic carbocycles. The van der Waals surface area contributed by atoms with Crippen molar-refractivity contribution in [2.45, 2.75) is 13.5 Å². The number of amides is 1. The highest BCUT2D eigenvalue weighted by atomic mass is 35.5. The third-order valence-electron chi connectivity index (χ3n) is 4.21. The molecule has 3 aromatic rings. The van der Waals surface area contributed by atoms with Crippen LogP contribution in [0.3, 0.4) is 0 Å². The largest absolute Gasteiger partial charge is 0.493 e. The van der Waals surface area contributed by atoms with Gasteiger partial charge in [0.25, 0.3) is 5.91 Å². The third kappa shape index (κ3) is 2.90. The van der Waals surface area contributed by atoms with Crippen molar-refractivity contribution in [1.82, 2.24) is 4.57 Å². The van der Waals surface area contributed by atoms with Gasteiger partial charge in [0, 0.05) is 10.2 Å². The molecule has 0 atom stereocenters. The highest BCUT2D eigenvalue weighted by Crippen LogP contribution is 2.33. The number of aromatic hydroxyl groups is 1. The predicted octanol–water partition coefficient (Wildman–Crippen LogP) is 3.35. The van der Waals surface area contributed by atoms with Crippen LogP contribution in [0.4, 0.5) is 0 Å². The van der Waals surface area contributed by atoms with Crippen LogP contribution >= 0.6 is 35.2 Å². The van der Waals surface area contributed by atoms with Crippen molar-refractivity contribution in [1.29, 1.82) is 0 Å². The van der Waals surface area contributed by atoms with E-state index in [1.165, 1.54) is 11.3 Å². The molecule has 4 nitrogen and oxygen atoms in total. The first-order valence-corrected chi connectivity index (χ1v) is 9.46. The average molecular weight is 401 g/mol. The molecule has 0 unspecified atom stereocenters. The maximum Gasteiger partial charge on any atom is 0.279 e. The Morgan fingerprint density at radius 1 is 1.23 bits per heavy atom. The van der Waals surface area contributed by atoms with Gasteiger partial charge in [-0.05, 0) is 49.0 Å². The Bertz CT molecular complexity index is 1220. The molecule has 0 fully saturated rings. The van der Waals surface area contributed by atoms with Gasteiger partial charge in [0.05, 0.1) is 17.5 Å². The van der Waals surface area contributed by atoms with Crippen molar-refractivity contribution < 1.29 is 9.90 Å². The van der Waals surface area contributed by atoms with E-state index in [-0.39, 0.29) is 11.8 Å². The van der Waals surface area contributed by atoms with Crippen LogP contribution in [0.5, 0.6) is 5.88 Å². The summed E-state index contributed by atoms with van der Waals surface area (Å²) < 4.78 is 2.11. The van der Waals surface area contributed by atoms with Gasteiger partial charge >= 0.3 is 0 Å². The molecular formula is C19H13ClN2O2S2. The number of thiazole rings is 1. The van der Waals surface area contributed by atoms with Gasteiger partial charge in [-0.1, -0.05) is 35.4 Å². The van der Waals surface area contributed by atoms with Crippen molar-refractivity contribution in [3.05, 3.63) is 78.0 Å². The molecule has 0 saturated carbocycles. The summed E-state index contributed by atoms with van der Waals surface area (Å²) in [5.41, 5.74) is 2.39. The lowest BCUT2D eigenvalue weighted by Crippen LogP contribution is -2.23. The van der Waals surface area contributed by atoms with Crippen molar-refractivity contribution in [3.8, 4) is 5.88 Å². The van der Waals surface area contributed by atoms with E-state index in [4.69, 9.17) is 23.8 Å². The molecule has 0 radical (unpaired) electrons. The fourth-order valence-electron chi connectivity index (χ4n) is 2.92. The van der Waals surface area contributed by atoms with Gasteiger partial charge in [0.1, 0.15) is 4.88 Å². The van der Waals surface area contributed by atoms with Crippen LogP contribution in [0, 0.1) is 10.9 Å². The molecule has 4 rings (SSSR count). The Kier molecular flexibility index (Phi) is 4.26. The van der Waals surface area contributed by atoms with Crippen LogP contribution < -0.4 is 10.6 Å². The summed E-state index contributed by atoms with van der Waals surface area (Å²) in [4.78, 5) is 17.0. The number of fused-ring (bicyclic) bond motifs is 1. The molecule has 7 heteroatoms. The molecule has 2 heterocycles. The quantitative estimate of drug-likeness (QED) is 0.686. The van der Waals surface area contributed by atoms with Crippen molar-refractivity contribution in [2.24, 2.45) is 4.99 Å². The Hall–Kier alpha value is -2.28. The second kappa shape index (κ2) is 6.46. The Balaban J connectivity index is 1.86. The summed E-state index contributed by atoms with van der Waals surface area (Å²) in [5, 5.41) is 12.8. The molecule has 1 aliphatic rings. The van der Waals surface area contributed by atoms with Gasteiger partial charge in [0.15, 0.2) is 3.95 Å². The van der Waals surface area contributed by atoms with E-state index in [1.807, 2.05) is 37.3 Å². The first kappa shape index (κ1) is 17.1. The van der Waals surface area contributed by atoms with Crippen LogP contribution in [0.1, 0.15) is 16.0 Å². The summed E-state index contributed by atoms with van der Waals surface area (Å²) >= 11 is 12.6. The van der Waals surface area contributed by atoms with Crippen LogP contribution in [0.2, 0.25) is 5.02 Å². The number of halogens is 1. The number of benzene rings is 2. The molecule has 1 amide bonds. The van der Waals surface area contributed by atoms with Gasteiger partial charge in [-0.15, -0.1) is 11.3 Å². The lowest BCUT2D eigenvalue weighted by atomic mass is 10.1. The highest BCUT2D eigenvalue weighted by molar-refractivity contribution is 7.73. The summed E-state index contributed by atoms with van der Waals surface area (Å²) in [5.74, 6) is -0.362. The maximum atomic E-state index is 12.4. The van der Waals surface area contributed by atoms with Crippen molar-refractivity contribution in [3.63, 3.8) is 0 Å². The second-order valence-electron chi connectivity index (χ2n) is 6.05. The van der Waals surface area contributed by atoms with Gasteiger partial charge in [-0.25, -0.2) is 4.99 Å². The minimum Gasteiger partial charge on any atom is -0.493 e. The van der Waals surface area contributed by atoms with Crippen LogP contribution in [-0.4, -0.2) is 15.6 Å². The molecule has 0 bridgehead atoms. The minimum absolute atomic E-state index is 0.0112. The summed E-state index contributed by atoms with van der Waals surface area (Å²) in [6, 6.07) is 13.0. The van der Waals surface area contributed by atoms with E-state index in [0.717, 1.165) is 16.3 Å². The third-order valence-corrected chi connectivity index (χ3v) is 5.91. The molecule has 130 valence electrons. The number of hydrogen-bond acceptors (Lipinski definition) is 4. The monoisotopic (exact) mass is 400 g/mol. The number of carbonyl (C=O) groups is 1. The van der Waals surface area contributed by atoms with Crippen LogP contribution in [-0.2, 0) is 11.3 Å². The fourth-order valence-corrected chi connectivity index (χ4v) is 4.38. The molecule has 0 spiro atoms.